The molecule has 2 saturated heterocycles. The zero-order valence-corrected chi connectivity index (χ0v) is 20.2. The summed E-state index contributed by atoms with van der Waals surface area (Å²) in [6, 6.07) is 12.2. The number of piperidine rings is 1. The number of hydrogen-bond donors (Lipinski definition) is 1. The maximum atomic E-state index is 13.7. The largest absolute Gasteiger partial charge is 0.444 e. The normalized spacial score (nSPS) is 21.1. The molecule has 0 aliphatic carbocycles. The predicted molar refractivity (Wildman–Crippen MR) is 135 cm³/mol. The Labute approximate surface area is 211 Å². The quantitative estimate of drug-likeness (QED) is 0.459. The molecule has 0 bridgehead atoms. The number of aromatic nitrogens is 3. The number of anilines is 1. The van der Waals surface area contributed by atoms with Gasteiger partial charge in [-0.3, -0.25) is 14.4 Å². The second-order valence-corrected chi connectivity index (χ2v) is 9.48. The van der Waals surface area contributed by atoms with Gasteiger partial charge in [0.15, 0.2) is 12.2 Å². The monoisotopic (exact) mass is 499 g/mol. The number of likely N-dealkylation sites (tertiary alicyclic amines) is 1. The molecule has 2 fully saturated rings. The van der Waals surface area contributed by atoms with Gasteiger partial charge < -0.3 is 23.9 Å². The maximum absolute atomic E-state index is 13.7. The van der Waals surface area contributed by atoms with Crippen LogP contribution in [-0.2, 0) is 16.6 Å². The van der Waals surface area contributed by atoms with E-state index in [9.17, 15) is 14.4 Å². The first-order valence-corrected chi connectivity index (χ1v) is 12.2. The van der Waals surface area contributed by atoms with Crippen LogP contribution in [0.2, 0.25) is 0 Å². The van der Waals surface area contributed by atoms with E-state index in [1.807, 2.05) is 6.07 Å². The first-order chi connectivity index (χ1) is 18.0. The lowest BCUT2D eigenvalue weighted by Crippen LogP contribution is -2.54. The highest BCUT2D eigenvalue weighted by Gasteiger charge is 2.44. The van der Waals surface area contributed by atoms with Gasteiger partial charge in [-0.1, -0.05) is 12.1 Å². The third-order valence-electron chi connectivity index (χ3n) is 7.15. The molecule has 2 aromatic carbocycles. The molecule has 2 aliphatic rings. The number of amides is 2. The Morgan fingerprint density at radius 1 is 1.16 bits per heavy atom. The zero-order chi connectivity index (χ0) is 25.5. The predicted octanol–water partition coefficient (Wildman–Crippen LogP) is 2.85. The van der Waals surface area contributed by atoms with Gasteiger partial charge in [0.1, 0.15) is 0 Å². The summed E-state index contributed by atoms with van der Waals surface area (Å²) in [5.41, 5.74) is 2.15. The van der Waals surface area contributed by atoms with E-state index in [4.69, 9.17) is 9.15 Å². The molecule has 188 valence electrons. The molecule has 3 atom stereocenters. The Bertz CT molecular complexity index is 1550. The average Bonchev–Trinajstić information content (AvgIpc) is 3.63. The average molecular weight is 500 g/mol. The lowest BCUT2D eigenvalue weighted by atomic mass is 9.88. The van der Waals surface area contributed by atoms with E-state index in [1.165, 1.54) is 17.3 Å². The molecule has 37 heavy (non-hydrogen) atoms. The highest BCUT2D eigenvalue weighted by molar-refractivity contribution is 5.98. The second-order valence-electron chi connectivity index (χ2n) is 9.48. The molecule has 4 heterocycles. The van der Waals surface area contributed by atoms with Gasteiger partial charge in [-0.2, -0.15) is 0 Å². The van der Waals surface area contributed by atoms with E-state index in [2.05, 4.69) is 15.3 Å². The molecule has 2 aliphatic heterocycles. The Hall–Kier alpha value is -4.31. The van der Waals surface area contributed by atoms with Crippen LogP contribution < -0.4 is 10.9 Å². The fraction of sp³-hybridized carbons (Fsp3) is 0.296. The Morgan fingerprint density at radius 2 is 2.05 bits per heavy atom. The van der Waals surface area contributed by atoms with Crippen molar-refractivity contribution >= 4 is 28.4 Å². The van der Waals surface area contributed by atoms with Crippen molar-refractivity contribution in [3.63, 3.8) is 0 Å². The molecule has 1 N–H and O–H groups in total. The molecule has 0 saturated carbocycles. The summed E-state index contributed by atoms with van der Waals surface area (Å²) < 4.78 is 12.7. The van der Waals surface area contributed by atoms with Gasteiger partial charge in [-0.15, -0.1) is 0 Å². The highest BCUT2D eigenvalue weighted by Crippen LogP contribution is 2.33. The zero-order valence-electron chi connectivity index (χ0n) is 20.2. The van der Waals surface area contributed by atoms with E-state index in [-0.39, 0.29) is 36.1 Å². The van der Waals surface area contributed by atoms with E-state index in [0.717, 1.165) is 12.0 Å². The van der Waals surface area contributed by atoms with Gasteiger partial charge in [0.05, 0.1) is 41.5 Å². The Morgan fingerprint density at radius 3 is 2.89 bits per heavy atom. The van der Waals surface area contributed by atoms with Crippen molar-refractivity contribution in [2.45, 2.75) is 25.0 Å². The van der Waals surface area contributed by atoms with Crippen LogP contribution in [-0.4, -0.2) is 56.5 Å². The van der Waals surface area contributed by atoms with Crippen molar-refractivity contribution in [1.29, 1.82) is 0 Å². The van der Waals surface area contributed by atoms with Crippen molar-refractivity contribution in [3.8, 4) is 11.3 Å². The van der Waals surface area contributed by atoms with Crippen molar-refractivity contribution in [2.24, 2.45) is 13.0 Å². The lowest BCUT2D eigenvalue weighted by molar-refractivity contribution is -0.123. The molecule has 4 aromatic rings. The summed E-state index contributed by atoms with van der Waals surface area (Å²) in [6.45, 7) is 0.825. The highest BCUT2D eigenvalue weighted by atomic mass is 16.5. The van der Waals surface area contributed by atoms with Crippen molar-refractivity contribution < 1.29 is 18.7 Å². The summed E-state index contributed by atoms with van der Waals surface area (Å²) in [5, 5.41) is 3.35. The van der Waals surface area contributed by atoms with Gasteiger partial charge in [-0.05, 0) is 43.2 Å². The number of oxazole rings is 1. The molecule has 6 rings (SSSR count). The number of ether oxygens (including phenoxy) is 1. The minimum absolute atomic E-state index is 0.0831. The molecular weight excluding hydrogens is 474 g/mol. The molecule has 2 aromatic heterocycles. The summed E-state index contributed by atoms with van der Waals surface area (Å²) in [5.74, 6) is -0.261. The number of nitrogens with one attached hydrogen (secondary N) is 1. The number of carbonyl (C=O) groups excluding carboxylic acids is 2. The molecule has 10 heteroatoms. The first-order valence-electron chi connectivity index (χ1n) is 12.2. The third kappa shape index (κ3) is 4.29. The third-order valence-corrected chi connectivity index (χ3v) is 7.15. The summed E-state index contributed by atoms with van der Waals surface area (Å²) in [7, 11) is 1.63. The van der Waals surface area contributed by atoms with Gasteiger partial charge in [0.2, 0.25) is 5.91 Å². The smallest absolute Gasteiger partial charge is 0.260 e. The Balaban J connectivity index is 1.24. The lowest BCUT2D eigenvalue weighted by Gasteiger charge is -2.40. The second kappa shape index (κ2) is 9.29. The number of nitrogens with zero attached hydrogens (tertiary/aromatic N) is 4. The van der Waals surface area contributed by atoms with E-state index in [1.54, 1.807) is 54.5 Å². The topological polar surface area (TPSA) is 120 Å². The number of rotatable bonds is 4. The van der Waals surface area contributed by atoms with E-state index < -0.39 is 5.92 Å². The maximum Gasteiger partial charge on any atom is 0.260 e. The van der Waals surface area contributed by atoms with Gasteiger partial charge in [-0.25, -0.2) is 9.97 Å². The molecule has 2 amide bonds. The molecule has 0 radical (unpaired) electrons. The minimum atomic E-state index is -0.465. The Kier molecular flexibility index (Phi) is 5.80. The van der Waals surface area contributed by atoms with Crippen LogP contribution in [0.25, 0.3) is 22.2 Å². The summed E-state index contributed by atoms with van der Waals surface area (Å²) in [6.07, 6.45) is 5.46. The van der Waals surface area contributed by atoms with Gasteiger partial charge in [0, 0.05) is 37.0 Å². The fourth-order valence-corrected chi connectivity index (χ4v) is 5.23. The van der Waals surface area contributed by atoms with Crippen LogP contribution in [0.1, 0.15) is 23.2 Å². The number of fused-ring (bicyclic) bond motifs is 2. The van der Waals surface area contributed by atoms with Crippen molar-refractivity contribution in [1.82, 2.24) is 19.4 Å². The molecule has 0 spiro atoms. The van der Waals surface area contributed by atoms with Crippen LogP contribution >= 0.6 is 0 Å². The molecule has 10 nitrogen and oxygen atoms in total. The number of benzene rings is 2. The molecular formula is C27H25N5O5. The van der Waals surface area contributed by atoms with Crippen molar-refractivity contribution in [3.05, 3.63) is 77.3 Å². The number of carbonyl (C=O) groups is 2. The van der Waals surface area contributed by atoms with Crippen LogP contribution in [0.15, 0.2) is 70.6 Å². The van der Waals surface area contributed by atoms with E-state index in [0.29, 0.717) is 40.9 Å². The van der Waals surface area contributed by atoms with E-state index >= 15 is 0 Å². The van der Waals surface area contributed by atoms with Crippen LogP contribution in [0, 0.1) is 5.92 Å². The van der Waals surface area contributed by atoms with Gasteiger partial charge >= 0.3 is 0 Å². The van der Waals surface area contributed by atoms with Crippen LogP contribution in [0.3, 0.4) is 0 Å². The fourth-order valence-electron chi connectivity index (χ4n) is 5.23. The number of hydrogen-bond acceptors (Lipinski definition) is 7. The standard InChI is InChI=1S/C27H25N5O5/c1-31-14-29-21-6-5-19(11-20(21)27(31)35)30-25(33)18-10-23-22(7-8-36-23)32(13-18)26(34)17-4-2-3-16(9-17)24-12-28-15-37-24/h2-6,9,11-12,14-15,18,22-23H,7-8,10,13H2,1H3,(H,30,33)/t18?,22-,23-/m0/s1. The number of aryl methyl sites for hydroxylation is 1. The van der Waals surface area contributed by atoms with Gasteiger partial charge in [0.25, 0.3) is 11.5 Å². The first kappa shape index (κ1) is 23.1. The summed E-state index contributed by atoms with van der Waals surface area (Å²) >= 11 is 0. The molecule has 1 unspecified atom stereocenters. The minimum Gasteiger partial charge on any atom is -0.444 e. The SMILES string of the molecule is Cn1cnc2ccc(NC(=O)C3C[C@@H]4OCC[C@@H]4N(C(=O)c4cccc(-c5cnco5)c4)C3)cc2c1=O. The van der Waals surface area contributed by atoms with Crippen LogP contribution in [0.5, 0.6) is 0 Å². The summed E-state index contributed by atoms with van der Waals surface area (Å²) in [4.78, 5) is 49.4. The van der Waals surface area contributed by atoms with Crippen LogP contribution in [0.4, 0.5) is 5.69 Å². The van der Waals surface area contributed by atoms with Crippen molar-refractivity contribution in [2.75, 3.05) is 18.5 Å².